The van der Waals surface area contributed by atoms with Gasteiger partial charge in [0.2, 0.25) is 0 Å². The van der Waals surface area contributed by atoms with Crippen molar-refractivity contribution in [2.45, 2.75) is 79.1 Å². The normalized spacial score (nSPS) is 40.7. The molecule has 3 fully saturated rings. The van der Waals surface area contributed by atoms with Gasteiger partial charge in [0.05, 0.1) is 0 Å². The zero-order valence-electron chi connectivity index (χ0n) is 19.7. The molecule has 7 unspecified atom stereocenters. The Kier molecular flexibility index (Phi) is 9.62. The van der Waals surface area contributed by atoms with Crippen LogP contribution in [0.15, 0.2) is 0 Å². The Hall–Kier alpha value is -0.0800. The second-order valence-electron chi connectivity index (χ2n) is 11.2. The molecule has 3 aliphatic rings. The molecule has 0 spiro atoms. The Morgan fingerprint density at radius 2 is 1.48 bits per heavy atom. The topological polar surface area (TPSA) is 6.48 Å². The van der Waals surface area contributed by atoms with E-state index < -0.39 is 0 Å². The van der Waals surface area contributed by atoms with Crippen molar-refractivity contribution >= 4 is 0 Å². The summed E-state index contributed by atoms with van der Waals surface area (Å²) in [6.07, 6.45) is 11.7. The van der Waals surface area contributed by atoms with Crippen molar-refractivity contribution in [1.82, 2.24) is 9.80 Å². The molecule has 0 N–H and O–H groups in total. The molecule has 0 aromatic rings. The van der Waals surface area contributed by atoms with Gasteiger partial charge in [-0.05, 0) is 108 Å². The summed E-state index contributed by atoms with van der Waals surface area (Å²) < 4.78 is 0. The fourth-order valence-electron chi connectivity index (χ4n) is 6.60. The van der Waals surface area contributed by atoms with Gasteiger partial charge in [-0.25, -0.2) is 0 Å². The first-order valence-corrected chi connectivity index (χ1v) is 12.1. The molecule has 1 heterocycles. The Morgan fingerprint density at radius 3 is 2.15 bits per heavy atom. The molecule has 2 bridgehead atoms. The minimum absolute atomic E-state index is 0.918. The van der Waals surface area contributed by atoms with E-state index >= 15 is 0 Å². The first-order chi connectivity index (χ1) is 12.8. The molecule has 1 aliphatic heterocycles. The summed E-state index contributed by atoms with van der Waals surface area (Å²) in [6, 6.07) is 0. The standard InChI is InChI=1S/C13H25N.C12H25N/c1-10-6-12-4-5-13(7-10)11(2)8-14(3)9-12;1-5-11-6-10(2)7-12(8-11)9-13(3)4/h10-13H,4-9H2,1-3H3;10-12H,5-9H2,1-4H3. The number of fused-ring (bicyclic) bond motifs is 3. The molecule has 0 radical (unpaired) electrons. The second-order valence-corrected chi connectivity index (χ2v) is 11.2. The molecule has 3 rings (SSSR count). The number of hydrogen-bond donors (Lipinski definition) is 0. The maximum Gasteiger partial charge on any atom is 0.000682 e. The lowest BCUT2D eigenvalue weighted by molar-refractivity contribution is 0.169. The minimum atomic E-state index is 0.918. The summed E-state index contributed by atoms with van der Waals surface area (Å²) in [7, 11) is 6.70. The molecule has 2 aliphatic carbocycles. The molecule has 27 heavy (non-hydrogen) atoms. The third-order valence-electron chi connectivity index (χ3n) is 7.70. The quantitative estimate of drug-likeness (QED) is 0.592. The number of likely N-dealkylation sites (tertiary alicyclic amines) is 1. The van der Waals surface area contributed by atoms with E-state index in [-0.39, 0.29) is 0 Å². The van der Waals surface area contributed by atoms with Crippen LogP contribution in [0, 0.1) is 41.4 Å². The van der Waals surface area contributed by atoms with Crippen molar-refractivity contribution < 1.29 is 0 Å². The van der Waals surface area contributed by atoms with E-state index in [1.54, 1.807) is 0 Å². The molecular weight excluding hydrogens is 328 g/mol. The molecule has 0 aromatic carbocycles. The van der Waals surface area contributed by atoms with E-state index in [2.05, 4.69) is 58.6 Å². The van der Waals surface area contributed by atoms with E-state index in [9.17, 15) is 0 Å². The first kappa shape index (κ1) is 23.2. The van der Waals surface area contributed by atoms with Crippen LogP contribution in [0.5, 0.6) is 0 Å². The van der Waals surface area contributed by atoms with Crippen molar-refractivity contribution in [3.63, 3.8) is 0 Å². The highest BCUT2D eigenvalue weighted by atomic mass is 15.1. The van der Waals surface area contributed by atoms with Crippen molar-refractivity contribution in [3.05, 3.63) is 0 Å². The number of hydrogen-bond acceptors (Lipinski definition) is 2. The minimum Gasteiger partial charge on any atom is -0.309 e. The van der Waals surface area contributed by atoms with Crippen LogP contribution < -0.4 is 0 Å². The fourth-order valence-corrected chi connectivity index (χ4v) is 6.60. The predicted octanol–water partition coefficient (Wildman–Crippen LogP) is 6.02. The van der Waals surface area contributed by atoms with Crippen molar-refractivity contribution in [2.24, 2.45) is 41.4 Å². The van der Waals surface area contributed by atoms with E-state index in [4.69, 9.17) is 0 Å². The van der Waals surface area contributed by atoms with Crippen molar-refractivity contribution in [1.29, 1.82) is 0 Å². The van der Waals surface area contributed by atoms with Gasteiger partial charge in [-0.1, -0.05) is 34.1 Å². The molecule has 0 amide bonds. The maximum absolute atomic E-state index is 2.57. The molecule has 2 nitrogen and oxygen atoms in total. The monoisotopic (exact) mass is 378 g/mol. The summed E-state index contributed by atoms with van der Waals surface area (Å²) >= 11 is 0. The lowest BCUT2D eigenvalue weighted by atomic mass is 9.75. The Morgan fingerprint density at radius 1 is 0.815 bits per heavy atom. The smallest absolute Gasteiger partial charge is 0.000682 e. The SMILES string of the molecule is CC1CC2CCC(C1)C(C)CN(C)C2.CCC1CC(C)CC(CN(C)C)C1. The summed E-state index contributed by atoms with van der Waals surface area (Å²) in [4.78, 5) is 4.91. The summed E-state index contributed by atoms with van der Waals surface area (Å²) in [5, 5.41) is 0. The van der Waals surface area contributed by atoms with Crippen molar-refractivity contribution in [2.75, 3.05) is 40.8 Å². The lowest BCUT2D eigenvalue weighted by Crippen LogP contribution is -2.33. The Labute approximate surface area is 171 Å². The summed E-state index contributed by atoms with van der Waals surface area (Å²) in [5.74, 6) is 6.83. The van der Waals surface area contributed by atoms with Gasteiger partial charge in [-0.2, -0.15) is 0 Å². The van der Waals surface area contributed by atoms with Crippen LogP contribution in [0.4, 0.5) is 0 Å². The van der Waals surface area contributed by atoms with Gasteiger partial charge in [0.1, 0.15) is 0 Å². The van der Waals surface area contributed by atoms with Crippen molar-refractivity contribution in [3.8, 4) is 0 Å². The van der Waals surface area contributed by atoms with E-state index in [1.165, 1.54) is 71.0 Å². The average molecular weight is 379 g/mol. The highest BCUT2D eigenvalue weighted by molar-refractivity contribution is 4.82. The second kappa shape index (κ2) is 11.2. The zero-order valence-corrected chi connectivity index (χ0v) is 19.7. The molecule has 0 aromatic heterocycles. The van der Waals surface area contributed by atoms with Crippen LogP contribution in [-0.2, 0) is 0 Å². The van der Waals surface area contributed by atoms with E-state index in [0.29, 0.717) is 0 Å². The molecule has 160 valence electrons. The highest BCUT2D eigenvalue weighted by Gasteiger charge is 2.30. The van der Waals surface area contributed by atoms with E-state index in [0.717, 1.165) is 41.4 Å². The summed E-state index contributed by atoms with van der Waals surface area (Å²) in [5.41, 5.74) is 0. The highest BCUT2D eigenvalue weighted by Crippen LogP contribution is 2.37. The number of rotatable bonds is 3. The van der Waals surface area contributed by atoms with Gasteiger partial charge >= 0.3 is 0 Å². The van der Waals surface area contributed by atoms with Crippen LogP contribution in [0.25, 0.3) is 0 Å². The van der Waals surface area contributed by atoms with Gasteiger partial charge in [0, 0.05) is 19.6 Å². The van der Waals surface area contributed by atoms with Gasteiger partial charge in [0.25, 0.3) is 0 Å². The molecule has 2 saturated carbocycles. The molecule has 2 heteroatoms. The first-order valence-electron chi connectivity index (χ1n) is 12.1. The van der Waals surface area contributed by atoms with Gasteiger partial charge < -0.3 is 9.80 Å². The largest absolute Gasteiger partial charge is 0.309 e. The van der Waals surface area contributed by atoms with Gasteiger partial charge in [-0.15, -0.1) is 0 Å². The van der Waals surface area contributed by atoms with Gasteiger partial charge in [0.15, 0.2) is 0 Å². The van der Waals surface area contributed by atoms with Crippen LogP contribution >= 0.6 is 0 Å². The fraction of sp³-hybridized carbons (Fsp3) is 1.00. The van der Waals surface area contributed by atoms with Crippen LogP contribution in [0.3, 0.4) is 0 Å². The van der Waals surface area contributed by atoms with E-state index in [1.807, 2.05) is 0 Å². The Balaban J connectivity index is 0.000000194. The Bertz CT molecular complexity index is 403. The molecule has 7 atom stereocenters. The zero-order chi connectivity index (χ0) is 20.0. The average Bonchev–Trinajstić information content (AvgIpc) is 2.72. The lowest BCUT2D eigenvalue weighted by Gasteiger charge is -2.34. The van der Waals surface area contributed by atoms with Crippen LogP contribution in [0.1, 0.15) is 79.1 Å². The third-order valence-corrected chi connectivity index (χ3v) is 7.70. The van der Waals surface area contributed by atoms with Crippen LogP contribution in [0.2, 0.25) is 0 Å². The van der Waals surface area contributed by atoms with Gasteiger partial charge in [-0.3, -0.25) is 0 Å². The summed E-state index contributed by atoms with van der Waals surface area (Å²) in [6.45, 7) is 13.7. The molecular formula is C25H50N2. The van der Waals surface area contributed by atoms with Crippen LogP contribution in [-0.4, -0.2) is 50.6 Å². The molecule has 1 saturated heterocycles. The maximum atomic E-state index is 2.57. The predicted molar refractivity (Wildman–Crippen MR) is 120 cm³/mol. The third kappa shape index (κ3) is 8.05. The number of nitrogens with zero attached hydrogens (tertiary/aromatic N) is 2.